The molecule has 1 aliphatic rings. The van der Waals surface area contributed by atoms with Gasteiger partial charge in [-0.15, -0.1) is 0 Å². The van der Waals surface area contributed by atoms with Crippen molar-refractivity contribution in [3.05, 3.63) is 35.8 Å². The Labute approximate surface area is 113 Å². The van der Waals surface area contributed by atoms with Crippen molar-refractivity contribution in [1.29, 1.82) is 0 Å². The van der Waals surface area contributed by atoms with Crippen LogP contribution in [0.25, 0.3) is 5.65 Å². The molecule has 4 nitrogen and oxygen atoms in total. The van der Waals surface area contributed by atoms with E-state index >= 15 is 0 Å². The van der Waals surface area contributed by atoms with E-state index < -0.39 is 0 Å². The third kappa shape index (κ3) is 2.80. The molecule has 0 radical (unpaired) electrons. The minimum Gasteiger partial charge on any atom is -0.381 e. The maximum absolute atomic E-state index is 5.51. The van der Waals surface area contributed by atoms with E-state index in [4.69, 9.17) is 4.74 Å². The molecule has 1 atom stereocenters. The van der Waals surface area contributed by atoms with Crippen molar-refractivity contribution in [2.24, 2.45) is 5.92 Å². The minimum atomic E-state index is 0.660. The highest BCUT2D eigenvalue weighted by Crippen LogP contribution is 2.14. The van der Waals surface area contributed by atoms with Gasteiger partial charge in [0.2, 0.25) is 0 Å². The van der Waals surface area contributed by atoms with Crippen LogP contribution in [0.3, 0.4) is 0 Å². The monoisotopic (exact) mass is 259 g/mol. The Morgan fingerprint density at radius 3 is 3.26 bits per heavy atom. The summed E-state index contributed by atoms with van der Waals surface area (Å²) < 4.78 is 7.67. The van der Waals surface area contributed by atoms with Gasteiger partial charge in [-0.05, 0) is 37.8 Å². The van der Waals surface area contributed by atoms with Crippen molar-refractivity contribution in [2.45, 2.75) is 26.3 Å². The molecule has 1 fully saturated rings. The average Bonchev–Trinajstić information content (AvgIpc) is 2.76. The fraction of sp³-hybridized carbons (Fsp3) is 0.533. The highest BCUT2D eigenvalue weighted by Gasteiger charge is 2.14. The summed E-state index contributed by atoms with van der Waals surface area (Å²) in [4.78, 5) is 4.58. The summed E-state index contributed by atoms with van der Waals surface area (Å²) in [6, 6.07) is 6.12. The molecule has 0 amide bonds. The van der Waals surface area contributed by atoms with Crippen LogP contribution >= 0.6 is 0 Å². The lowest BCUT2D eigenvalue weighted by atomic mass is 10.0. The maximum Gasteiger partial charge on any atom is 0.137 e. The zero-order valence-electron chi connectivity index (χ0n) is 11.4. The maximum atomic E-state index is 5.51. The molecule has 1 N–H and O–H groups in total. The van der Waals surface area contributed by atoms with Crippen molar-refractivity contribution in [2.75, 3.05) is 19.8 Å². The van der Waals surface area contributed by atoms with Crippen LogP contribution < -0.4 is 5.32 Å². The lowest BCUT2D eigenvalue weighted by molar-refractivity contribution is 0.0547. The molecule has 19 heavy (non-hydrogen) atoms. The van der Waals surface area contributed by atoms with Gasteiger partial charge in [0.05, 0.1) is 18.0 Å². The minimum absolute atomic E-state index is 0.660. The Kier molecular flexibility index (Phi) is 3.80. The molecule has 0 saturated carbocycles. The van der Waals surface area contributed by atoms with E-state index in [0.29, 0.717) is 5.92 Å². The topological polar surface area (TPSA) is 38.6 Å². The Balaban J connectivity index is 1.63. The first-order valence-corrected chi connectivity index (χ1v) is 7.05. The van der Waals surface area contributed by atoms with E-state index in [-0.39, 0.29) is 0 Å². The van der Waals surface area contributed by atoms with Crippen LogP contribution in [0.4, 0.5) is 0 Å². The van der Waals surface area contributed by atoms with Crippen LogP contribution in [0.1, 0.15) is 24.2 Å². The van der Waals surface area contributed by atoms with Crippen LogP contribution in [-0.2, 0) is 11.3 Å². The van der Waals surface area contributed by atoms with Crippen molar-refractivity contribution in [3.8, 4) is 0 Å². The third-order valence-electron chi connectivity index (χ3n) is 3.81. The molecule has 0 spiro atoms. The number of rotatable bonds is 4. The zero-order valence-corrected chi connectivity index (χ0v) is 11.4. The fourth-order valence-electron chi connectivity index (χ4n) is 2.74. The molecule has 102 valence electrons. The van der Waals surface area contributed by atoms with Gasteiger partial charge < -0.3 is 14.5 Å². The lowest BCUT2D eigenvalue weighted by Crippen LogP contribution is -2.29. The summed E-state index contributed by atoms with van der Waals surface area (Å²) in [6.07, 6.45) is 4.55. The predicted molar refractivity (Wildman–Crippen MR) is 75.2 cm³/mol. The average molecular weight is 259 g/mol. The summed E-state index contributed by atoms with van der Waals surface area (Å²) in [7, 11) is 0. The second-order valence-corrected chi connectivity index (χ2v) is 5.29. The number of ether oxygens (including phenoxy) is 1. The van der Waals surface area contributed by atoms with Gasteiger partial charge in [-0.1, -0.05) is 6.07 Å². The third-order valence-corrected chi connectivity index (χ3v) is 3.81. The van der Waals surface area contributed by atoms with Gasteiger partial charge in [-0.25, -0.2) is 4.98 Å². The Hall–Kier alpha value is -1.39. The number of pyridine rings is 1. The summed E-state index contributed by atoms with van der Waals surface area (Å²) in [5, 5.41) is 3.55. The molecule has 1 unspecified atom stereocenters. The van der Waals surface area contributed by atoms with Gasteiger partial charge in [0.1, 0.15) is 5.65 Å². The lowest BCUT2D eigenvalue weighted by Gasteiger charge is -2.22. The molecule has 1 aliphatic heterocycles. The molecular weight excluding hydrogens is 238 g/mol. The first-order valence-electron chi connectivity index (χ1n) is 7.05. The number of hydrogen-bond donors (Lipinski definition) is 1. The molecular formula is C15H21N3O. The van der Waals surface area contributed by atoms with Crippen LogP contribution in [-0.4, -0.2) is 29.1 Å². The second kappa shape index (κ2) is 5.72. The fourth-order valence-corrected chi connectivity index (χ4v) is 2.74. The molecule has 0 aromatic carbocycles. The number of aryl methyl sites for hydroxylation is 1. The number of fused-ring (bicyclic) bond motifs is 1. The number of nitrogens with zero attached hydrogens (tertiary/aromatic N) is 2. The predicted octanol–water partition coefficient (Wildman–Crippen LogP) is 2.16. The second-order valence-electron chi connectivity index (χ2n) is 5.29. The number of hydrogen-bond acceptors (Lipinski definition) is 3. The number of imidazole rings is 1. The Morgan fingerprint density at radius 1 is 1.47 bits per heavy atom. The van der Waals surface area contributed by atoms with Crippen LogP contribution in [0.15, 0.2) is 24.4 Å². The smallest absolute Gasteiger partial charge is 0.137 e. The van der Waals surface area contributed by atoms with Gasteiger partial charge >= 0.3 is 0 Å². The number of aromatic nitrogens is 2. The number of nitrogens with one attached hydrogen (secondary N) is 1. The molecule has 2 aromatic heterocycles. The van der Waals surface area contributed by atoms with Gasteiger partial charge in [0.25, 0.3) is 0 Å². The van der Waals surface area contributed by atoms with E-state index in [0.717, 1.165) is 37.6 Å². The van der Waals surface area contributed by atoms with Gasteiger partial charge in [0, 0.05) is 25.9 Å². The first kappa shape index (κ1) is 12.6. The quantitative estimate of drug-likeness (QED) is 0.914. The molecule has 1 saturated heterocycles. The first-order chi connectivity index (χ1) is 9.34. The zero-order chi connectivity index (χ0) is 13.1. The Bertz CT molecular complexity index is 543. The van der Waals surface area contributed by atoms with E-state index in [1.54, 1.807) is 0 Å². The SMILES string of the molecule is Cc1nc2ccccn2c1CNCC1CCCOC1. The van der Waals surface area contributed by atoms with Gasteiger partial charge in [0.15, 0.2) is 0 Å². The van der Waals surface area contributed by atoms with Crippen LogP contribution in [0.5, 0.6) is 0 Å². The summed E-state index contributed by atoms with van der Waals surface area (Å²) in [6.45, 7) is 5.81. The van der Waals surface area contributed by atoms with E-state index in [2.05, 4.69) is 27.8 Å². The molecule has 4 heteroatoms. The van der Waals surface area contributed by atoms with Crippen molar-refractivity contribution >= 4 is 5.65 Å². The molecule has 3 rings (SSSR count). The summed E-state index contributed by atoms with van der Waals surface area (Å²) >= 11 is 0. The summed E-state index contributed by atoms with van der Waals surface area (Å²) in [5.74, 6) is 0.660. The molecule has 2 aromatic rings. The van der Waals surface area contributed by atoms with Crippen LogP contribution in [0, 0.1) is 12.8 Å². The normalized spacial score (nSPS) is 19.9. The van der Waals surface area contributed by atoms with Crippen molar-refractivity contribution in [1.82, 2.24) is 14.7 Å². The van der Waals surface area contributed by atoms with Crippen LogP contribution in [0.2, 0.25) is 0 Å². The van der Waals surface area contributed by atoms with Crippen molar-refractivity contribution in [3.63, 3.8) is 0 Å². The Morgan fingerprint density at radius 2 is 2.42 bits per heavy atom. The van der Waals surface area contributed by atoms with Gasteiger partial charge in [-0.3, -0.25) is 0 Å². The summed E-state index contributed by atoms with van der Waals surface area (Å²) in [5.41, 5.74) is 3.39. The highest BCUT2D eigenvalue weighted by atomic mass is 16.5. The largest absolute Gasteiger partial charge is 0.381 e. The van der Waals surface area contributed by atoms with Crippen molar-refractivity contribution < 1.29 is 4.74 Å². The van der Waals surface area contributed by atoms with Gasteiger partial charge in [-0.2, -0.15) is 0 Å². The van der Waals surface area contributed by atoms with E-state index in [1.807, 2.05) is 18.2 Å². The van der Waals surface area contributed by atoms with E-state index in [9.17, 15) is 0 Å². The molecule has 0 aliphatic carbocycles. The standard InChI is InChI=1S/C15H21N3O/c1-12-14(18-7-3-2-6-15(18)17-12)10-16-9-13-5-4-8-19-11-13/h2-3,6-7,13,16H,4-5,8-11H2,1H3. The molecule has 0 bridgehead atoms. The highest BCUT2D eigenvalue weighted by molar-refractivity contribution is 5.42. The molecule has 3 heterocycles. The van der Waals surface area contributed by atoms with E-state index in [1.165, 1.54) is 18.5 Å².